The molecule has 1 saturated carbocycles. The van der Waals surface area contributed by atoms with Crippen molar-refractivity contribution in [1.29, 1.82) is 0 Å². The average Bonchev–Trinajstić information content (AvgIpc) is 3.94. The van der Waals surface area contributed by atoms with Gasteiger partial charge < -0.3 is 25.6 Å². The number of nitrogens with two attached hydrogens (primary N) is 1. The van der Waals surface area contributed by atoms with E-state index in [0.29, 0.717) is 23.3 Å². The summed E-state index contributed by atoms with van der Waals surface area (Å²) in [6, 6.07) is 10.6. The van der Waals surface area contributed by atoms with Crippen molar-refractivity contribution >= 4 is 55.8 Å². The number of fused-ring (bicyclic) bond motifs is 1. The van der Waals surface area contributed by atoms with Crippen molar-refractivity contribution in [2.24, 2.45) is 0 Å². The summed E-state index contributed by atoms with van der Waals surface area (Å²) in [5, 5.41) is 12.2. The minimum absolute atomic E-state index is 0.0148. The fourth-order valence-corrected chi connectivity index (χ4v) is 8.48. The molecular weight excluding hydrogens is 759 g/mol. The number of carbonyl (C=O) groups excluding carboxylic acids is 3. The number of aliphatic hydroxyl groups excluding tert-OH is 1. The fraction of sp³-hybridized carbons (Fsp3) is 0.429. The minimum atomic E-state index is -3.98. The summed E-state index contributed by atoms with van der Waals surface area (Å²) in [6.07, 6.45) is -0.537. The first-order chi connectivity index (χ1) is 26.5. The SMILES string of the molecule is Cc1cc(C(Nc2cc(F)c3c(N(C(=O)OC(C)(C)C)C(=O)OC(C)(C)C)nccc3c2)C(=O)CCc2cc(N)cc(F)c2S(=O)(=O)C2CC2)ccc1[C@@H](C)CO. The van der Waals surface area contributed by atoms with E-state index in [2.05, 4.69) is 10.3 Å². The zero-order valence-electron chi connectivity index (χ0n) is 33.4. The van der Waals surface area contributed by atoms with Gasteiger partial charge in [-0.05, 0) is 126 Å². The first-order valence-corrected chi connectivity index (χ1v) is 20.2. The van der Waals surface area contributed by atoms with E-state index in [1.165, 1.54) is 24.4 Å². The number of ether oxygens (including phenoxy) is 2. The molecule has 1 aromatic heterocycles. The van der Waals surface area contributed by atoms with E-state index < -0.39 is 66.8 Å². The Morgan fingerprint density at radius 3 is 2.16 bits per heavy atom. The number of hydrogen-bond donors (Lipinski definition) is 3. The van der Waals surface area contributed by atoms with Crippen LogP contribution in [-0.4, -0.2) is 59.5 Å². The lowest BCUT2D eigenvalue weighted by molar-refractivity contribution is -0.119. The number of aliphatic hydroxyl groups is 1. The lowest BCUT2D eigenvalue weighted by Gasteiger charge is -2.28. The molecule has 0 spiro atoms. The minimum Gasteiger partial charge on any atom is -0.443 e. The second-order valence-electron chi connectivity index (χ2n) is 16.5. The number of rotatable bonds is 12. The van der Waals surface area contributed by atoms with Crippen molar-refractivity contribution in [2.45, 2.75) is 114 Å². The number of carbonyl (C=O) groups is 3. The van der Waals surface area contributed by atoms with E-state index in [1.807, 2.05) is 13.8 Å². The highest BCUT2D eigenvalue weighted by Gasteiger charge is 2.40. The Morgan fingerprint density at radius 2 is 1.60 bits per heavy atom. The highest BCUT2D eigenvalue weighted by molar-refractivity contribution is 7.92. The maximum Gasteiger partial charge on any atom is 0.425 e. The number of imide groups is 1. The van der Waals surface area contributed by atoms with Crippen LogP contribution in [0.2, 0.25) is 0 Å². The van der Waals surface area contributed by atoms with Gasteiger partial charge in [-0.15, -0.1) is 0 Å². The molecule has 5 rings (SSSR count). The second-order valence-corrected chi connectivity index (χ2v) is 18.6. The predicted octanol–water partition coefficient (Wildman–Crippen LogP) is 8.47. The third kappa shape index (κ3) is 10.1. The molecule has 1 unspecified atom stereocenters. The molecule has 4 aromatic rings. The molecule has 0 radical (unpaired) electrons. The Kier molecular flexibility index (Phi) is 12.3. The summed E-state index contributed by atoms with van der Waals surface area (Å²) in [4.78, 5) is 45.4. The van der Waals surface area contributed by atoms with Crippen LogP contribution >= 0.6 is 0 Å². The highest BCUT2D eigenvalue weighted by Crippen LogP contribution is 2.38. The number of pyridine rings is 1. The normalized spacial score (nSPS) is 14.5. The van der Waals surface area contributed by atoms with Crippen LogP contribution in [0.1, 0.15) is 102 Å². The largest absolute Gasteiger partial charge is 0.443 e. The Labute approximate surface area is 331 Å². The van der Waals surface area contributed by atoms with Crippen LogP contribution in [-0.2, 0) is 30.5 Å². The van der Waals surface area contributed by atoms with Crippen LogP contribution in [0.25, 0.3) is 10.8 Å². The molecule has 306 valence electrons. The quantitative estimate of drug-likeness (QED) is 0.117. The number of nitrogens with zero attached hydrogens (tertiary/aromatic N) is 2. The molecule has 0 bridgehead atoms. The van der Waals surface area contributed by atoms with Crippen LogP contribution in [0.3, 0.4) is 0 Å². The zero-order valence-corrected chi connectivity index (χ0v) is 34.2. The third-order valence-electron chi connectivity index (χ3n) is 9.26. The van der Waals surface area contributed by atoms with Crippen LogP contribution in [0, 0.1) is 18.6 Å². The van der Waals surface area contributed by atoms with Gasteiger partial charge in [0.1, 0.15) is 33.8 Å². The highest BCUT2D eigenvalue weighted by atomic mass is 32.2. The maximum atomic E-state index is 16.4. The smallest absolute Gasteiger partial charge is 0.425 e. The summed E-state index contributed by atoms with van der Waals surface area (Å²) in [5.41, 5.74) is 6.25. The predicted molar refractivity (Wildman–Crippen MR) is 214 cm³/mol. The first-order valence-electron chi connectivity index (χ1n) is 18.7. The van der Waals surface area contributed by atoms with Crippen LogP contribution in [0.5, 0.6) is 0 Å². The molecule has 0 saturated heterocycles. The topological polar surface area (TPSA) is 178 Å². The van der Waals surface area contributed by atoms with Gasteiger partial charge in [0.25, 0.3) is 0 Å². The molecule has 15 heteroatoms. The molecule has 12 nitrogen and oxygen atoms in total. The van der Waals surface area contributed by atoms with Crippen molar-refractivity contribution in [1.82, 2.24) is 4.98 Å². The molecule has 2 amide bonds. The van der Waals surface area contributed by atoms with Crippen molar-refractivity contribution in [3.05, 3.63) is 88.6 Å². The van der Waals surface area contributed by atoms with Crippen molar-refractivity contribution in [3.8, 4) is 0 Å². The molecule has 57 heavy (non-hydrogen) atoms. The number of nitrogens with one attached hydrogen (secondary N) is 1. The lowest BCUT2D eigenvalue weighted by Crippen LogP contribution is -2.44. The van der Waals surface area contributed by atoms with Crippen molar-refractivity contribution in [2.75, 3.05) is 22.6 Å². The van der Waals surface area contributed by atoms with Gasteiger partial charge in [0.2, 0.25) is 0 Å². The molecular formula is C42H50F2N4O8S. The third-order valence-corrected chi connectivity index (χ3v) is 11.6. The van der Waals surface area contributed by atoms with E-state index >= 15 is 8.78 Å². The molecule has 3 aromatic carbocycles. The number of Topliss-reactive ketones (excluding diaryl/α,β-unsaturated/α-hetero) is 1. The Bertz CT molecular complexity index is 2290. The number of ketones is 1. The number of anilines is 3. The average molecular weight is 809 g/mol. The summed E-state index contributed by atoms with van der Waals surface area (Å²) in [6.45, 7) is 13.2. The van der Waals surface area contributed by atoms with E-state index in [4.69, 9.17) is 15.2 Å². The number of nitrogen functional groups attached to an aromatic ring is 1. The van der Waals surface area contributed by atoms with Gasteiger partial charge >= 0.3 is 12.2 Å². The number of hydrogen-bond acceptors (Lipinski definition) is 11. The molecule has 1 fully saturated rings. The summed E-state index contributed by atoms with van der Waals surface area (Å²) in [5.74, 6) is -2.85. The van der Waals surface area contributed by atoms with E-state index in [0.717, 1.165) is 23.3 Å². The molecule has 2 atom stereocenters. The summed E-state index contributed by atoms with van der Waals surface area (Å²) in [7, 11) is -3.98. The Hall–Kier alpha value is -5.15. The summed E-state index contributed by atoms with van der Waals surface area (Å²) < 4.78 is 69.1. The van der Waals surface area contributed by atoms with Crippen LogP contribution < -0.4 is 16.0 Å². The van der Waals surface area contributed by atoms with Gasteiger partial charge in [-0.2, -0.15) is 4.90 Å². The number of aromatic nitrogens is 1. The number of halogens is 2. The van der Waals surface area contributed by atoms with Crippen molar-refractivity contribution in [3.63, 3.8) is 0 Å². The van der Waals surface area contributed by atoms with Crippen LogP contribution in [0.15, 0.2) is 59.6 Å². The van der Waals surface area contributed by atoms with E-state index in [-0.39, 0.29) is 58.9 Å². The van der Waals surface area contributed by atoms with Gasteiger partial charge in [-0.25, -0.2) is 31.8 Å². The molecule has 0 aliphatic heterocycles. The second kappa shape index (κ2) is 16.4. The van der Waals surface area contributed by atoms with Gasteiger partial charge in [0.15, 0.2) is 21.4 Å². The number of sulfone groups is 1. The molecule has 1 heterocycles. The lowest BCUT2D eigenvalue weighted by atomic mass is 9.91. The van der Waals surface area contributed by atoms with Gasteiger partial charge in [0.05, 0.1) is 10.6 Å². The van der Waals surface area contributed by atoms with Gasteiger partial charge in [-0.1, -0.05) is 25.1 Å². The van der Waals surface area contributed by atoms with Crippen molar-refractivity contribution < 1.29 is 46.2 Å². The first kappa shape index (κ1) is 43.0. The Balaban J connectivity index is 1.56. The molecule has 1 aliphatic rings. The maximum absolute atomic E-state index is 16.4. The Morgan fingerprint density at radius 1 is 0.965 bits per heavy atom. The van der Waals surface area contributed by atoms with Gasteiger partial charge in [0, 0.05) is 36.5 Å². The number of aryl methyl sites for hydroxylation is 2. The molecule has 1 aliphatic carbocycles. The van der Waals surface area contributed by atoms with E-state index in [9.17, 15) is 27.9 Å². The summed E-state index contributed by atoms with van der Waals surface area (Å²) >= 11 is 0. The number of benzene rings is 3. The zero-order chi connectivity index (χ0) is 42.2. The fourth-order valence-electron chi connectivity index (χ4n) is 6.53. The van der Waals surface area contributed by atoms with Gasteiger partial charge in [-0.3, -0.25) is 4.79 Å². The van der Waals surface area contributed by atoms with E-state index in [1.54, 1.807) is 59.7 Å². The number of amides is 2. The standard InChI is InChI=1S/C42H50F2N4O8S/c1-23-17-26(9-13-31(23)24(2)22-49)36(34(50)14-10-27-18-28(45)20-33(44)37(27)57(53,54)30-11-12-30)47-29-19-25-15-16-46-38(35(25)32(43)21-29)48(39(51)55-41(3,4)5)40(52)56-42(6,7)8/h9,13,15-21,24,30,36,47,49H,10-12,14,22,45H2,1-8H3/t24-,36?/m0/s1. The van der Waals surface area contributed by atoms with Crippen LogP contribution in [0.4, 0.5) is 35.6 Å². The molecule has 4 N–H and O–H groups in total. The monoisotopic (exact) mass is 808 g/mol.